The molecule has 2 aromatic rings. The number of hydrogen-bond acceptors (Lipinski definition) is 5. The van der Waals surface area contributed by atoms with Gasteiger partial charge in [-0.05, 0) is 29.8 Å². The minimum atomic E-state index is -0.911. The summed E-state index contributed by atoms with van der Waals surface area (Å²) in [5, 5.41) is 2.71. The highest BCUT2D eigenvalue weighted by Crippen LogP contribution is 2.18. The predicted molar refractivity (Wildman–Crippen MR) is 111 cm³/mol. The molecule has 1 atom stereocenters. The predicted octanol–water partition coefficient (Wildman–Crippen LogP) is 2.33. The largest absolute Gasteiger partial charge is 0.490 e. The number of carbonyl (C=O) groups excluding carboxylic acids is 3. The first-order valence-electron chi connectivity index (χ1n) is 9.70. The minimum absolute atomic E-state index is 0.119. The van der Waals surface area contributed by atoms with Crippen LogP contribution in [0.2, 0.25) is 0 Å². The maximum absolute atomic E-state index is 13.0. The lowest BCUT2D eigenvalue weighted by atomic mass is 10.1. The molecule has 1 heterocycles. The maximum atomic E-state index is 13.0. The quantitative estimate of drug-likeness (QED) is 0.535. The topological polar surface area (TPSA) is 84.9 Å². The number of hydrogen-bond donors (Lipinski definition) is 1. The van der Waals surface area contributed by atoms with Crippen LogP contribution in [0.5, 0.6) is 5.75 Å². The number of rotatable bonds is 8. The molecule has 3 rings (SSSR count). The Kier molecular flexibility index (Phi) is 7.21. The van der Waals surface area contributed by atoms with E-state index < -0.39 is 12.0 Å². The number of nitrogens with one attached hydrogen (secondary N) is 1. The van der Waals surface area contributed by atoms with Gasteiger partial charge in [-0.15, -0.1) is 0 Å². The van der Waals surface area contributed by atoms with Gasteiger partial charge in [-0.3, -0.25) is 14.4 Å². The molecule has 0 saturated carbocycles. The molecule has 0 aliphatic carbocycles. The summed E-state index contributed by atoms with van der Waals surface area (Å²) < 4.78 is 10.7. The van der Waals surface area contributed by atoms with Crippen LogP contribution in [0.3, 0.4) is 0 Å². The molecule has 30 heavy (non-hydrogen) atoms. The van der Waals surface area contributed by atoms with Gasteiger partial charge < -0.3 is 19.7 Å². The van der Waals surface area contributed by atoms with Gasteiger partial charge in [-0.25, -0.2) is 0 Å². The van der Waals surface area contributed by atoms with Crippen LogP contribution < -0.4 is 10.1 Å². The average Bonchev–Trinajstić information content (AvgIpc) is 2.78. The fourth-order valence-corrected chi connectivity index (χ4v) is 3.13. The SMILES string of the molecule is C=CCOc1ccc(C(=O)N2CCNC(=O)[C@@H]2CC(=O)OCc2ccccc2)cc1. The summed E-state index contributed by atoms with van der Waals surface area (Å²) in [6.07, 6.45) is 1.43. The van der Waals surface area contributed by atoms with Crippen molar-refractivity contribution in [2.75, 3.05) is 19.7 Å². The highest BCUT2D eigenvalue weighted by Gasteiger charge is 2.35. The van der Waals surface area contributed by atoms with Crippen molar-refractivity contribution in [2.24, 2.45) is 0 Å². The summed E-state index contributed by atoms with van der Waals surface area (Å²) >= 11 is 0. The van der Waals surface area contributed by atoms with E-state index in [-0.39, 0.29) is 24.8 Å². The third kappa shape index (κ3) is 5.47. The number of carbonyl (C=O) groups is 3. The first kappa shape index (κ1) is 21.1. The van der Waals surface area contributed by atoms with Gasteiger partial charge in [-0.1, -0.05) is 43.0 Å². The standard InChI is InChI=1S/C23H24N2O5/c1-2-14-29-19-10-8-18(9-11-19)23(28)25-13-12-24-22(27)20(25)15-21(26)30-16-17-6-4-3-5-7-17/h2-11,20H,1,12-16H2,(H,24,27)/t20-/m0/s1. The summed E-state index contributed by atoms with van der Waals surface area (Å²) in [4.78, 5) is 39.1. The lowest BCUT2D eigenvalue weighted by Crippen LogP contribution is -2.57. The van der Waals surface area contributed by atoms with E-state index in [0.717, 1.165) is 5.56 Å². The molecule has 1 saturated heterocycles. The van der Waals surface area contributed by atoms with E-state index in [4.69, 9.17) is 9.47 Å². The summed E-state index contributed by atoms with van der Waals surface area (Å²) in [7, 11) is 0. The molecule has 2 aromatic carbocycles. The molecule has 7 heteroatoms. The van der Waals surface area contributed by atoms with Crippen molar-refractivity contribution in [1.29, 1.82) is 0 Å². The Morgan fingerprint density at radius 2 is 1.87 bits per heavy atom. The number of amides is 2. The fraction of sp³-hybridized carbons (Fsp3) is 0.261. The Hall–Kier alpha value is -3.61. The van der Waals surface area contributed by atoms with E-state index >= 15 is 0 Å². The van der Waals surface area contributed by atoms with Crippen molar-refractivity contribution in [3.63, 3.8) is 0 Å². The summed E-state index contributed by atoms with van der Waals surface area (Å²) in [5.41, 5.74) is 1.27. The number of piperazine rings is 1. The van der Waals surface area contributed by atoms with E-state index in [0.29, 0.717) is 31.0 Å². The third-order valence-corrected chi connectivity index (χ3v) is 4.66. The molecule has 7 nitrogen and oxygen atoms in total. The van der Waals surface area contributed by atoms with Gasteiger partial charge >= 0.3 is 5.97 Å². The molecule has 1 N–H and O–H groups in total. The van der Waals surface area contributed by atoms with Gasteiger partial charge in [0.25, 0.3) is 5.91 Å². The van der Waals surface area contributed by atoms with Gasteiger partial charge in [0.1, 0.15) is 25.0 Å². The normalized spacial score (nSPS) is 15.8. The molecular formula is C23H24N2O5. The monoisotopic (exact) mass is 408 g/mol. The van der Waals surface area contributed by atoms with Gasteiger partial charge in [0.05, 0.1) is 6.42 Å². The molecule has 0 radical (unpaired) electrons. The van der Waals surface area contributed by atoms with Crippen LogP contribution >= 0.6 is 0 Å². The van der Waals surface area contributed by atoms with Crippen molar-refractivity contribution < 1.29 is 23.9 Å². The van der Waals surface area contributed by atoms with Crippen LogP contribution in [0, 0.1) is 0 Å². The van der Waals surface area contributed by atoms with E-state index in [9.17, 15) is 14.4 Å². The summed E-state index contributed by atoms with van der Waals surface area (Å²) in [5.74, 6) is -0.603. The Balaban J connectivity index is 1.64. The van der Waals surface area contributed by atoms with E-state index in [1.54, 1.807) is 30.3 Å². The number of benzene rings is 2. The number of ether oxygens (including phenoxy) is 2. The van der Waals surface area contributed by atoms with Gasteiger partial charge in [0, 0.05) is 18.7 Å². The third-order valence-electron chi connectivity index (χ3n) is 4.66. The van der Waals surface area contributed by atoms with E-state index in [1.807, 2.05) is 30.3 Å². The Labute approximate surface area is 175 Å². The molecule has 2 amide bonds. The Morgan fingerprint density at radius 1 is 1.13 bits per heavy atom. The van der Waals surface area contributed by atoms with Crippen molar-refractivity contribution in [3.05, 3.63) is 78.4 Å². The van der Waals surface area contributed by atoms with Crippen LogP contribution in [0.15, 0.2) is 67.3 Å². The average molecular weight is 408 g/mol. The van der Waals surface area contributed by atoms with Crippen LogP contribution in [-0.4, -0.2) is 48.4 Å². The van der Waals surface area contributed by atoms with E-state index in [2.05, 4.69) is 11.9 Å². The molecule has 156 valence electrons. The van der Waals surface area contributed by atoms with Crippen LogP contribution in [0.1, 0.15) is 22.3 Å². The minimum Gasteiger partial charge on any atom is -0.490 e. The molecule has 1 aliphatic heterocycles. The first-order chi connectivity index (χ1) is 14.6. The molecular weight excluding hydrogens is 384 g/mol. The highest BCUT2D eigenvalue weighted by molar-refractivity contribution is 5.99. The van der Waals surface area contributed by atoms with Crippen LogP contribution in [-0.2, 0) is 20.9 Å². The van der Waals surface area contributed by atoms with Crippen LogP contribution in [0.25, 0.3) is 0 Å². The zero-order valence-electron chi connectivity index (χ0n) is 16.6. The second-order valence-corrected chi connectivity index (χ2v) is 6.78. The molecule has 0 bridgehead atoms. The first-order valence-corrected chi connectivity index (χ1v) is 9.70. The Bertz CT molecular complexity index is 896. The lowest BCUT2D eigenvalue weighted by Gasteiger charge is -2.34. The summed E-state index contributed by atoms with van der Waals surface area (Å²) in [6, 6.07) is 15.0. The van der Waals surface area contributed by atoms with Gasteiger partial charge in [0.15, 0.2) is 0 Å². The lowest BCUT2D eigenvalue weighted by molar-refractivity contribution is -0.148. The smallest absolute Gasteiger partial charge is 0.308 e. The molecule has 0 unspecified atom stereocenters. The number of nitrogens with zero attached hydrogens (tertiary/aromatic N) is 1. The molecule has 0 spiro atoms. The molecule has 1 fully saturated rings. The highest BCUT2D eigenvalue weighted by atomic mass is 16.5. The second kappa shape index (κ2) is 10.2. The van der Waals surface area contributed by atoms with Gasteiger partial charge in [0.2, 0.25) is 5.91 Å². The van der Waals surface area contributed by atoms with Crippen molar-refractivity contribution in [3.8, 4) is 5.75 Å². The summed E-state index contributed by atoms with van der Waals surface area (Å²) in [6.45, 7) is 4.73. The van der Waals surface area contributed by atoms with Crippen LogP contribution in [0.4, 0.5) is 0 Å². The van der Waals surface area contributed by atoms with Crippen molar-refractivity contribution in [1.82, 2.24) is 10.2 Å². The molecule has 0 aromatic heterocycles. The second-order valence-electron chi connectivity index (χ2n) is 6.78. The van der Waals surface area contributed by atoms with Crippen molar-refractivity contribution in [2.45, 2.75) is 19.1 Å². The zero-order chi connectivity index (χ0) is 21.3. The zero-order valence-corrected chi connectivity index (χ0v) is 16.6. The number of esters is 1. The Morgan fingerprint density at radius 3 is 2.57 bits per heavy atom. The van der Waals surface area contributed by atoms with E-state index in [1.165, 1.54) is 4.90 Å². The van der Waals surface area contributed by atoms with Crippen molar-refractivity contribution >= 4 is 17.8 Å². The molecule has 1 aliphatic rings. The van der Waals surface area contributed by atoms with Gasteiger partial charge in [-0.2, -0.15) is 0 Å². The maximum Gasteiger partial charge on any atom is 0.308 e. The fourth-order valence-electron chi connectivity index (χ4n) is 3.13.